The molecule has 11 heteroatoms. The molecule has 3 aromatic carbocycles. The topological polar surface area (TPSA) is 110 Å². The molecule has 7 rings (SSSR count). The van der Waals surface area contributed by atoms with E-state index in [2.05, 4.69) is 38.7 Å². The summed E-state index contributed by atoms with van der Waals surface area (Å²) < 4.78 is 36.5. The Morgan fingerprint density at radius 3 is 2.68 bits per heavy atom. The molecule has 1 amide bonds. The van der Waals surface area contributed by atoms with Gasteiger partial charge in [0.05, 0.1) is 23.2 Å². The molecule has 0 radical (unpaired) electrons. The number of sulfonamides is 1. The molecule has 4 heterocycles. The van der Waals surface area contributed by atoms with Crippen molar-refractivity contribution in [2.75, 3.05) is 26.2 Å². The van der Waals surface area contributed by atoms with Gasteiger partial charge in [0.25, 0.3) is 10.0 Å². The zero-order chi connectivity index (χ0) is 30.1. The molecule has 1 aromatic heterocycles. The largest absolute Gasteiger partial charge is 0.493 e. The number of carbonyl (C=O) groups excluding carboxylic acids is 1. The van der Waals surface area contributed by atoms with Gasteiger partial charge in [-0.15, -0.1) is 5.10 Å². The highest BCUT2D eigenvalue weighted by atomic mass is 32.2. The predicted molar refractivity (Wildman–Crippen MR) is 166 cm³/mol. The predicted octanol–water partition coefficient (Wildman–Crippen LogP) is 4.03. The van der Waals surface area contributed by atoms with Crippen LogP contribution in [0.15, 0.2) is 84.2 Å². The highest BCUT2D eigenvalue weighted by Gasteiger charge is 2.36. The highest BCUT2D eigenvalue weighted by molar-refractivity contribution is 7.89. The monoisotopic (exact) mass is 612 g/mol. The standard InChI is InChI=1S/C33H36N6O4S/c40-33-31(39(18-14-34-33)44(41,42)28-10-9-25-6-2-3-7-26(25)21-28)22-27-23-38(36-35-27)30-13-19-43-32-20-24(8-11-29(30)32)12-17-37-15-4-1-5-16-37/h2-3,6-11,14,18,20-21,23,30-31H,1,4-5,12-13,15-17,19,22H2,(H,34,40). The van der Waals surface area contributed by atoms with Gasteiger partial charge in [0.15, 0.2) is 0 Å². The number of rotatable bonds is 8. The summed E-state index contributed by atoms with van der Waals surface area (Å²) in [7, 11) is -4.01. The maximum atomic E-state index is 13.8. The number of nitrogens with zero attached hydrogens (tertiary/aromatic N) is 5. The number of fused-ring (bicyclic) bond motifs is 2. The number of aromatic nitrogens is 3. The van der Waals surface area contributed by atoms with Gasteiger partial charge in [-0.3, -0.25) is 9.10 Å². The molecule has 1 N–H and O–H groups in total. The van der Waals surface area contributed by atoms with E-state index in [1.165, 1.54) is 50.3 Å². The molecule has 3 aliphatic heterocycles. The summed E-state index contributed by atoms with van der Waals surface area (Å²) in [6.45, 7) is 4.00. The molecule has 44 heavy (non-hydrogen) atoms. The molecule has 228 valence electrons. The number of amides is 1. The number of ether oxygens (including phenoxy) is 1. The number of benzene rings is 3. The fourth-order valence-corrected chi connectivity index (χ4v) is 7.95. The van der Waals surface area contributed by atoms with Crippen molar-refractivity contribution in [3.8, 4) is 5.75 Å². The fourth-order valence-electron chi connectivity index (χ4n) is 6.46. The van der Waals surface area contributed by atoms with Gasteiger partial charge < -0.3 is 15.0 Å². The van der Waals surface area contributed by atoms with Crippen molar-refractivity contribution in [1.82, 2.24) is 29.5 Å². The van der Waals surface area contributed by atoms with Crippen molar-refractivity contribution < 1.29 is 17.9 Å². The van der Waals surface area contributed by atoms with Crippen LogP contribution in [-0.4, -0.2) is 70.8 Å². The summed E-state index contributed by atoms with van der Waals surface area (Å²) in [4.78, 5) is 15.7. The van der Waals surface area contributed by atoms with Crippen molar-refractivity contribution in [3.05, 3.63) is 96.1 Å². The first-order chi connectivity index (χ1) is 21.5. The van der Waals surface area contributed by atoms with Crippen LogP contribution in [0, 0.1) is 0 Å². The first kappa shape index (κ1) is 28.5. The van der Waals surface area contributed by atoms with Crippen molar-refractivity contribution in [3.63, 3.8) is 0 Å². The van der Waals surface area contributed by atoms with E-state index in [0.29, 0.717) is 12.3 Å². The molecular weight excluding hydrogens is 576 g/mol. The average Bonchev–Trinajstić information content (AvgIpc) is 3.53. The summed E-state index contributed by atoms with van der Waals surface area (Å²) in [5.74, 6) is 0.457. The van der Waals surface area contributed by atoms with E-state index in [-0.39, 0.29) is 17.4 Å². The van der Waals surface area contributed by atoms with Crippen molar-refractivity contribution in [2.24, 2.45) is 0 Å². The molecule has 1 saturated heterocycles. The van der Waals surface area contributed by atoms with E-state index >= 15 is 0 Å². The second kappa shape index (κ2) is 12.0. The molecule has 1 fully saturated rings. The van der Waals surface area contributed by atoms with Crippen LogP contribution in [-0.2, 0) is 27.7 Å². The molecule has 0 spiro atoms. The van der Waals surface area contributed by atoms with Crippen molar-refractivity contribution >= 4 is 26.7 Å². The summed E-state index contributed by atoms with van der Waals surface area (Å²) >= 11 is 0. The van der Waals surface area contributed by atoms with Crippen LogP contribution in [0.3, 0.4) is 0 Å². The number of piperidine rings is 1. The second-order valence-electron chi connectivity index (χ2n) is 11.8. The summed E-state index contributed by atoms with van der Waals surface area (Å²) in [5.41, 5.74) is 2.84. The van der Waals surface area contributed by atoms with E-state index in [1.807, 2.05) is 35.1 Å². The normalized spacial score (nSPS) is 20.7. The van der Waals surface area contributed by atoms with Crippen molar-refractivity contribution in [2.45, 2.75) is 55.5 Å². The van der Waals surface area contributed by atoms with Crippen LogP contribution >= 0.6 is 0 Å². The minimum absolute atomic E-state index is 0.0614. The number of hydrogen-bond acceptors (Lipinski definition) is 7. The van der Waals surface area contributed by atoms with Crippen molar-refractivity contribution in [1.29, 1.82) is 0 Å². The maximum absolute atomic E-state index is 13.8. The third-order valence-corrected chi connectivity index (χ3v) is 10.7. The Hall–Kier alpha value is -4.22. The lowest BCUT2D eigenvalue weighted by Crippen LogP contribution is -2.50. The van der Waals surface area contributed by atoms with Gasteiger partial charge in [-0.1, -0.05) is 54.1 Å². The minimum atomic E-state index is -4.01. The first-order valence-electron chi connectivity index (χ1n) is 15.3. The van der Waals surface area contributed by atoms with Crippen LogP contribution in [0.4, 0.5) is 0 Å². The van der Waals surface area contributed by atoms with Gasteiger partial charge >= 0.3 is 0 Å². The molecular formula is C33H36N6O4S. The number of carbonyl (C=O) groups is 1. The zero-order valence-corrected chi connectivity index (χ0v) is 25.3. The van der Waals surface area contributed by atoms with E-state index < -0.39 is 22.0 Å². The lowest BCUT2D eigenvalue weighted by atomic mass is 9.98. The second-order valence-corrected chi connectivity index (χ2v) is 13.6. The zero-order valence-electron chi connectivity index (χ0n) is 24.5. The Labute approximate surface area is 257 Å². The van der Waals surface area contributed by atoms with Crippen LogP contribution in [0.25, 0.3) is 10.8 Å². The smallest absolute Gasteiger partial charge is 0.264 e. The Bertz CT molecular complexity index is 1810. The maximum Gasteiger partial charge on any atom is 0.264 e. The molecule has 0 aliphatic carbocycles. The molecule has 3 aliphatic rings. The molecule has 0 bridgehead atoms. The van der Waals surface area contributed by atoms with E-state index in [9.17, 15) is 13.2 Å². The number of nitrogens with one attached hydrogen (secondary N) is 1. The molecule has 2 atom stereocenters. The SMILES string of the molecule is O=C1NC=CN(S(=O)(=O)c2ccc3ccccc3c2)C1Cc1cn(C2CCOc3cc(CCN4CCCCC4)ccc32)nn1. The Morgan fingerprint density at radius 2 is 1.82 bits per heavy atom. The highest BCUT2D eigenvalue weighted by Crippen LogP contribution is 2.35. The van der Waals surface area contributed by atoms with Gasteiger partial charge in [0.1, 0.15) is 11.8 Å². The van der Waals surface area contributed by atoms with Crippen LogP contribution in [0.5, 0.6) is 5.75 Å². The van der Waals surface area contributed by atoms with Gasteiger partial charge in [-0.05, 0) is 66.9 Å². The van der Waals surface area contributed by atoms with Crippen LogP contribution in [0.1, 0.15) is 48.5 Å². The lowest BCUT2D eigenvalue weighted by molar-refractivity contribution is -0.124. The molecule has 10 nitrogen and oxygen atoms in total. The average molecular weight is 613 g/mol. The quantitative estimate of drug-likeness (QED) is 0.320. The van der Waals surface area contributed by atoms with E-state index in [0.717, 1.165) is 45.8 Å². The summed E-state index contributed by atoms with van der Waals surface area (Å²) in [6, 6.07) is 18.0. The summed E-state index contributed by atoms with van der Waals surface area (Å²) in [6.07, 6.45) is 10.3. The molecule has 4 aromatic rings. The third-order valence-electron chi connectivity index (χ3n) is 8.88. The van der Waals surface area contributed by atoms with Crippen LogP contribution < -0.4 is 10.1 Å². The minimum Gasteiger partial charge on any atom is -0.493 e. The summed E-state index contributed by atoms with van der Waals surface area (Å²) in [5, 5.41) is 13.2. The lowest BCUT2D eigenvalue weighted by Gasteiger charge is -2.31. The van der Waals surface area contributed by atoms with Crippen LogP contribution in [0.2, 0.25) is 0 Å². The van der Waals surface area contributed by atoms with Gasteiger partial charge in [0.2, 0.25) is 5.91 Å². The van der Waals surface area contributed by atoms with Gasteiger partial charge in [0, 0.05) is 43.5 Å². The third kappa shape index (κ3) is 5.69. The van der Waals surface area contributed by atoms with Gasteiger partial charge in [-0.25, -0.2) is 13.1 Å². The first-order valence-corrected chi connectivity index (χ1v) is 16.8. The molecule has 0 saturated carbocycles. The fraction of sp³-hybridized carbons (Fsp3) is 0.364. The number of likely N-dealkylation sites (tertiary alicyclic amines) is 1. The molecule has 2 unspecified atom stereocenters. The number of hydrogen-bond donors (Lipinski definition) is 1. The Balaban J connectivity index is 1.08. The Morgan fingerprint density at radius 1 is 0.977 bits per heavy atom. The van der Waals surface area contributed by atoms with E-state index in [4.69, 9.17) is 4.74 Å². The van der Waals surface area contributed by atoms with Gasteiger partial charge in [-0.2, -0.15) is 0 Å². The Kier molecular flexibility index (Phi) is 7.82. The van der Waals surface area contributed by atoms with E-state index in [1.54, 1.807) is 18.2 Å².